The summed E-state index contributed by atoms with van der Waals surface area (Å²) < 4.78 is 16.4. The SMILES string of the molecule is COc1ccc(CN2C[C@@H](C)c3c(Cl)nc(Nc4ccc(N5CCOCC5)cc4OC)nc32)cc1. The standard InChI is InChI=1S/C26H30ClN5O3/c1-17-15-32(16-18-4-7-20(33-2)8-5-18)25-23(17)24(27)29-26(30-25)28-21-9-6-19(14-22(21)34-3)31-10-12-35-13-11-31/h4-9,14,17H,10-13,15-16H2,1-3H3,(H,28,29,30)/t17-/m1/s1. The van der Waals surface area contributed by atoms with E-state index in [0.717, 1.165) is 73.6 Å². The maximum absolute atomic E-state index is 6.66. The zero-order chi connectivity index (χ0) is 24.4. The summed E-state index contributed by atoms with van der Waals surface area (Å²) in [5, 5.41) is 3.80. The minimum atomic E-state index is 0.243. The molecule has 0 amide bonds. The molecule has 35 heavy (non-hydrogen) atoms. The molecule has 1 aromatic heterocycles. The number of benzene rings is 2. The van der Waals surface area contributed by atoms with Gasteiger partial charge in [0.25, 0.3) is 0 Å². The number of halogens is 1. The maximum atomic E-state index is 6.66. The first-order valence-electron chi connectivity index (χ1n) is 11.8. The molecule has 0 aliphatic carbocycles. The number of morpholine rings is 1. The average Bonchev–Trinajstić information content (AvgIpc) is 3.20. The number of anilines is 4. The molecule has 0 bridgehead atoms. The summed E-state index contributed by atoms with van der Waals surface area (Å²) in [5.74, 6) is 3.11. The lowest BCUT2D eigenvalue weighted by molar-refractivity contribution is 0.122. The van der Waals surface area contributed by atoms with Gasteiger partial charge in [0.05, 0.1) is 33.1 Å². The first kappa shape index (κ1) is 23.5. The number of aromatic nitrogens is 2. The second kappa shape index (κ2) is 10.2. The number of fused-ring (bicyclic) bond motifs is 1. The van der Waals surface area contributed by atoms with Crippen molar-refractivity contribution in [1.29, 1.82) is 0 Å². The van der Waals surface area contributed by atoms with Gasteiger partial charge in [0.15, 0.2) is 0 Å². The molecule has 184 valence electrons. The van der Waals surface area contributed by atoms with Crippen LogP contribution in [0.2, 0.25) is 5.15 Å². The Labute approximate surface area is 210 Å². The van der Waals surface area contributed by atoms with E-state index in [9.17, 15) is 0 Å². The van der Waals surface area contributed by atoms with E-state index in [1.165, 1.54) is 5.56 Å². The van der Waals surface area contributed by atoms with Gasteiger partial charge in [-0.15, -0.1) is 0 Å². The van der Waals surface area contributed by atoms with Crippen molar-refractivity contribution in [2.24, 2.45) is 0 Å². The molecule has 1 saturated heterocycles. The molecule has 0 unspecified atom stereocenters. The summed E-state index contributed by atoms with van der Waals surface area (Å²) in [5.41, 5.74) is 4.05. The molecule has 0 saturated carbocycles. The average molecular weight is 496 g/mol. The number of methoxy groups -OCH3 is 2. The van der Waals surface area contributed by atoms with E-state index in [1.54, 1.807) is 14.2 Å². The lowest BCUT2D eigenvalue weighted by Gasteiger charge is -2.29. The molecule has 3 aromatic rings. The zero-order valence-electron chi connectivity index (χ0n) is 20.3. The number of hydrogen-bond donors (Lipinski definition) is 1. The molecular weight excluding hydrogens is 466 g/mol. The summed E-state index contributed by atoms with van der Waals surface area (Å²) in [6.07, 6.45) is 0. The minimum absolute atomic E-state index is 0.243. The van der Waals surface area contributed by atoms with Gasteiger partial charge >= 0.3 is 0 Å². The van der Waals surface area contributed by atoms with Gasteiger partial charge in [-0.1, -0.05) is 30.7 Å². The van der Waals surface area contributed by atoms with E-state index < -0.39 is 0 Å². The number of hydrogen-bond acceptors (Lipinski definition) is 8. The van der Waals surface area contributed by atoms with E-state index in [2.05, 4.69) is 45.2 Å². The molecule has 2 aliphatic heterocycles. The van der Waals surface area contributed by atoms with Gasteiger partial charge in [-0.3, -0.25) is 0 Å². The van der Waals surface area contributed by atoms with Gasteiger partial charge in [0.2, 0.25) is 5.95 Å². The third-order valence-corrected chi connectivity index (χ3v) is 6.79. The van der Waals surface area contributed by atoms with E-state index in [4.69, 9.17) is 30.8 Å². The van der Waals surface area contributed by atoms with Crippen molar-refractivity contribution >= 4 is 34.7 Å². The third kappa shape index (κ3) is 4.94. The van der Waals surface area contributed by atoms with Gasteiger partial charge in [-0.25, -0.2) is 4.98 Å². The van der Waals surface area contributed by atoms with Crippen LogP contribution in [0.3, 0.4) is 0 Å². The van der Waals surface area contributed by atoms with E-state index >= 15 is 0 Å². The van der Waals surface area contributed by atoms with Crippen LogP contribution in [0.15, 0.2) is 42.5 Å². The monoisotopic (exact) mass is 495 g/mol. The largest absolute Gasteiger partial charge is 0.497 e. The van der Waals surface area contributed by atoms with Crippen molar-refractivity contribution in [2.75, 3.05) is 62.2 Å². The van der Waals surface area contributed by atoms with Gasteiger partial charge in [0, 0.05) is 49.4 Å². The van der Waals surface area contributed by atoms with Gasteiger partial charge in [0.1, 0.15) is 22.5 Å². The fraction of sp³-hybridized carbons (Fsp3) is 0.385. The Hall–Kier alpha value is -3.23. The molecule has 1 fully saturated rings. The first-order chi connectivity index (χ1) is 17.1. The smallest absolute Gasteiger partial charge is 0.230 e. The maximum Gasteiger partial charge on any atom is 0.230 e. The van der Waals surface area contributed by atoms with Crippen LogP contribution in [0.1, 0.15) is 24.0 Å². The Morgan fingerprint density at radius 1 is 1.06 bits per heavy atom. The topological polar surface area (TPSA) is 72.0 Å². The van der Waals surface area contributed by atoms with Crippen molar-refractivity contribution in [1.82, 2.24) is 9.97 Å². The van der Waals surface area contributed by atoms with Crippen molar-refractivity contribution < 1.29 is 14.2 Å². The Balaban J connectivity index is 1.39. The Kier molecular flexibility index (Phi) is 6.83. The highest BCUT2D eigenvalue weighted by Gasteiger charge is 2.31. The number of ether oxygens (including phenoxy) is 3. The zero-order valence-corrected chi connectivity index (χ0v) is 21.0. The molecule has 8 nitrogen and oxygen atoms in total. The highest BCUT2D eigenvalue weighted by molar-refractivity contribution is 6.30. The van der Waals surface area contributed by atoms with Crippen LogP contribution in [0, 0.1) is 0 Å². The molecular formula is C26H30ClN5O3. The lowest BCUT2D eigenvalue weighted by atomic mass is 10.1. The molecule has 2 aliphatic rings. The van der Waals surface area contributed by atoms with Crippen LogP contribution >= 0.6 is 11.6 Å². The van der Waals surface area contributed by atoms with E-state index in [0.29, 0.717) is 11.1 Å². The number of nitrogens with one attached hydrogen (secondary N) is 1. The fourth-order valence-corrected chi connectivity index (χ4v) is 5.02. The van der Waals surface area contributed by atoms with Crippen molar-refractivity contribution in [3.05, 3.63) is 58.7 Å². The Bertz CT molecular complexity index is 1180. The van der Waals surface area contributed by atoms with E-state index in [-0.39, 0.29) is 5.92 Å². The molecule has 2 aromatic carbocycles. The van der Waals surface area contributed by atoms with Gasteiger partial charge in [-0.2, -0.15) is 4.98 Å². The Morgan fingerprint density at radius 3 is 2.54 bits per heavy atom. The molecule has 9 heteroatoms. The quantitative estimate of drug-likeness (QED) is 0.466. The molecule has 0 spiro atoms. The normalized spacial score (nSPS) is 17.3. The minimum Gasteiger partial charge on any atom is -0.497 e. The molecule has 1 N–H and O–H groups in total. The second-order valence-electron chi connectivity index (χ2n) is 8.81. The summed E-state index contributed by atoms with van der Waals surface area (Å²) in [6, 6.07) is 14.2. The second-order valence-corrected chi connectivity index (χ2v) is 9.17. The van der Waals surface area contributed by atoms with Crippen molar-refractivity contribution in [3.63, 3.8) is 0 Å². The Morgan fingerprint density at radius 2 is 1.83 bits per heavy atom. The molecule has 3 heterocycles. The van der Waals surface area contributed by atoms with Crippen LogP contribution < -0.4 is 24.6 Å². The first-order valence-corrected chi connectivity index (χ1v) is 12.2. The highest BCUT2D eigenvalue weighted by Crippen LogP contribution is 2.41. The van der Waals surface area contributed by atoms with Crippen LogP contribution in [-0.2, 0) is 11.3 Å². The van der Waals surface area contributed by atoms with Crippen molar-refractivity contribution in [2.45, 2.75) is 19.4 Å². The van der Waals surface area contributed by atoms with Crippen LogP contribution in [0.4, 0.5) is 23.1 Å². The van der Waals surface area contributed by atoms with Crippen LogP contribution in [0.25, 0.3) is 0 Å². The predicted octanol–water partition coefficient (Wildman–Crippen LogP) is 4.85. The molecule has 5 rings (SSSR count). The predicted molar refractivity (Wildman–Crippen MR) is 139 cm³/mol. The van der Waals surface area contributed by atoms with Crippen LogP contribution in [-0.4, -0.2) is 57.0 Å². The van der Waals surface area contributed by atoms with Gasteiger partial charge < -0.3 is 29.3 Å². The summed E-state index contributed by atoms with van der Waals surface area (Å²) >= 11 is 6.66. The summed E-state index contributed by atoms with van der Waals surface area (Å²) in [7, 11) is 3.34. The molecule has 1 atom stereocenters. The van der Waals surface area contributed by atoms with Crippen LogP contribution in [0.5, 0.6) is 11.5 Å². The third-order valence-electron chi connectivity index (χ3n) is 6.51. The number of rotatable bonds is 7. The summed E-state index contributed by atoms with van der Waals surface area (Å²) in [4.78, 5) is 14.0. The lowest BCUT2D eigenvalue weighted by Crippen LogP contribution is -2.36. The molecule has 0 radical (unpaired) electrons. The number of nitrogens with zero attached hydrogens (tertiary/aromatic N) is 4. The summed E-state index contributed by atoms with van der Waals surface area (Å²) in [6.45, 7) is 6.90. The van der Waals surface area contributed by atoms with Crippen molar-refractivity contribution in [3.8, 4) is 11.5 Å². The highest BCUT2D eigenvalue weighted by atomic mass is 35.5. The van der Waals surface area contributed by atoms with Gasteiger partial charge in [-0.05, 0) is 29.8 Å². The van der Waals surface area contributed by atoms with E-state index in [1.807, 2.05) is 24.3 Å². The fourth-order valence-electron chi connectivity index (χ4n) is 4.67.